The number of fused-ring (bicyclic) bond motifs is 1. The quantitative estimate of drug-likeness (QED) is 0.137. The van der Waals surface area contributed by atoms with Crippen LogP contribution in [-0.4, -0.2) is 40.1 Å². The molecule has 12 heteroatoms. The molecule has 3 aromatic carbocycles. The molecule has 0 unspecified atom stereocenters. The van der Waals surface area contributed by atoms with Crippen LogP contribution in [0.2, 0.25) is 30.1 Å². The maximum absolute atomic E-state index is 13.5. The lowest BCUT2D eigenvalue weighted by Gasteiger charge is -2.29. The smallest absolute Gasteiger partial charge is 0.282 e. The number of halogens is 6. The van der Waals surface area contributed by atoms with E-state index in [2.05, 4.69) is 0 Å². The number of rotatable bonds is 5. The Kier molecular flexibility index (Phi) is 7.34. The molecule has 0 spiro atoms. The van der Waals surface area contributed by atoms with Gasteiger partial charge in [-0.05, 0) is 48.5 Å². The minimum Gasteiger partial charge on any atom is -0.292 e. The second kappa shape index (κ2) is 9.97. The third-order valence-electron chi connectivity index (χ3n) is 5.11. The van der Waals surface area contributed by atoms with Crippen LogP contribution in [0.3, 0.4) is 0 Å². The number of benzene rings is 3. The Labute approximate surface area is 228 Å². The van der Waals surface area contributed by atoms with Gasteiger partial charge in [0.1, 0.15) is 6.54 Å². The summed E-state index contributed by atoms with van der Waals surface area (Å²) in [4.78, 5) is 53.2. The van der Waals surface area contributed by atoms with Gasteiger partial charge >= 0.3 is 0 Å². The van der Waals surface area contributed by atoms with Crippen LogP contribution in [0, 0.1) is 0 Å². The molecule has 0 radical (unpaired) electrons. The SMILES string of the molecule is O=C(CN(C(=O)c1ccc(Cl)cc1)N1C(=O)c2c(Cl)c(Cl)c(Cl)c(Cl)c2C1=O)c1ccc(Cl)cc1. The Hall–Kier alpha value is -2.32. The molecule has 4 rings (SSSR count). The Bertz CT molecular complexity index is 1360. The number of nitrogens with zero attached hydrogens (tertiary/aromatic N) is 2. The van der Waals surface area contributed by atoms with Gasteiger partial charge in [0.25, 0.3) is 17.7 Å². The summed E-state index contributed by atoms with van der Waals surface area (Å²) < 4.78 is 0. The number of amides is 3. The maximum atomic E-state index is 13.5. The second-order valence-electron chi connectivity index (χ2n) is 7.23. The van der Waals surface area contributed by atoms with Crippen molar-refractivity contribution in [2.45, 2.75) is 0 Å². The highest BCUT2D eigenvalue weighted by Gasteiger charge is 2.46. The third kappa shape index (κ3) is 4.62. The minimum atomic E-state index is -0.998. The molecule has 0 aliphatic carbocycles. The van der Waals surface area contributed by atoms with E-state index in [-0.39, 0.29) is 42.3 Å². The van der Waals surface area contributed by atoms with E-state index in [1.54, 1.807) is 0 Å². The van der Waals surface area contributed by atoms with Crippen LogP contribution >= 0.6 is 69.6 Å². The predicted octanol–water partition coefficient (Wildman–Crippen LogP) is 7.14. The van der Waals surface area contributed by atoms with Crippen molar-refractivity contribution in [3.63, 3.8) is 0 Å². The van der Waals surface area contributed by atoms with Gasteiger partial charge in [0.05, 0.1) is 31.2 Å². The number of Topliss-reactive ketones (excluding diaryl/α,β-unsaturated/α-hetero) is 1. The molecule has 1 aliphatic heterocycles. The fourth-order valence-corrected chi connectivity index (χ4v) is 4.66. The van der Waals surface area contributed by atoms with Gasteiger partial charge in [0.2, 0.25) is 0 Å². The van der Waals surface area contributed by atoms with Crippen molar-refractivity contribution in [3.8, 4) is 0 Å². The summed E-state index contributed by atoms with van der Waals surface area (Å²) in [6, 6.07) is 11.5. The lowest BCUT2D eigenvalue weighted by molar-refractivity contribution is 0.00532. The molecule has 0 fully saturated rings. The van der Waals surface area contributed by atoms with Crippen molar-refractivity contribution >= 4 is 93.1 Å². The molecule has 0 atom stereocenters. The number of carbonyl (C=O) groups excluding carboxylic acids is 4. The fourth-order valence-electron chi connectivity index (χ4n) is 3.39. The molecule has 0 N–H and O–H groups in total. The predicted molar refractivity (Wildman–Crippen MR) is 135 cm³/mol. The van der Waals surface area contributed by atoms with E-state index in [9.17, 15) is 19.2 Å². The number of imide groups is 1. The van der Waals surface area contributed by atoms with Gasteiger partial charge in [0, 0.05) is 21.2 Å². The summed E-state index contributed by atoms with van der Waals surface area (Å²) in [5, 5.41) is 0.891. The van der Waals surface area contributed by atoms with E-state index in [4.69, 9.17) is 69.6 Å². The largest absolute Gasteiger partial charge is 0.292 e. The first-order valence-electron chi connectivity index (χ1n) is 9.63. The highest BCUT2D eigenvalue weighted by Crippen LogP contribution is 2.45. The summed E-state index contributed by atoms with van der Waals surface area (Å²) in [6.45, 7) is -0.675. The molecule has 1 aliphatic rings. The molecule has 1 heterocycles. The number of hydrogen-bond acceptors (Lipinski definition) is 4. The van der Waals surface area contributed by atoms with Gasteiger partial charge in [-0.3, -0.25) is 19.2 Å². The molecule has 0 saturated carbocycles. The van der Waals surface area contributed by atoms with Gasteiger partial charge in [0.15, 0.2) is 5.78 Å². The Morgan fingerprint density at radius 1 is 0.629 bits per heavy atom. The highest BCUT2D eigenvalue weighted by molar-refractivity contribution is 6.55. The molecule has 3 amide bonds. The average molecular weight is 591 g/mol. The maximum Gasteiger partial charge on any atom is 0.282 e. The number of hydrogen-bond donors (Lipinski definition) is 0. The fraction of sp³-hybridized carbons (Fsp3) is 0.0435. The van der Waals surface area contributed by atoms with Crippen LogP contribution < -0.4 is 0 Å². The summed E-state index contributed by atoms with van der Waals surface area (Å²) >= 11 is 36.3. The lowest BCUT2D eigenvalue weighted by atomic mass is 10.1. The van der Waals surface area contributed by atoms with Crippen molar-refractivity contribution in [1.29, 1.82) is 0 Å². The molecular formula is C23H10Cl6N2O4. The van der Waals surface area contributed by atoms with Gasteiger partial charge < -0.3 is 0 Å². The van der Waals surface area contributed by atoms with Crippen LogP contribution in [-0.2, 0) is 0 Å². The lowest BCUT2D eigenvalue weighted by Crippen LogP contribution is -2.51. The monoisotopic (exact) mass is 588 g/mol. The topological polar surface area (TPSA) is 74.8 Å². The van der Waals surface area contributed by atoms with E-state index in [1.807, 2.05) is 0 Å². The molecule has 0 aromatic heterocycles. The van der Waals surface area contributed by atoms with Gasteiger partial charge in [-0.1, -0.05) is 69.6 Å². The Balaban J connectivity index is 1.81. The van der Waals surface area contributed by atoms with Crippen molar-refractivity contribution in [3.05, 3.63) is 101 Å². The summed E-state index contributed by atoms with van der Waals surface area (Å²) in [7, 11) is 0. The van der Waals surface area contributed by atoms with Crippen LogP contribution in [0.4, 0.5) is 0 Å². The standard InChI is InChI=1S/C23H10Cl6N2O4/c24-12-5-1-10(2-6-12)14(32)9-30(21(33)11-3-7-13(25)8-4-11)31-22(34)15-16(23(31)35)18(27)20(29)19(28)17(15)26/h1-8H,9H2. The molecule has 6 nitrogen and oxygen atoms in total. The van der Waals surface area contributed by atoms with E-state index in [1.165, 1.54) is 48.5 Å². The third-order valence-corrected chi connectivity index (χ3v) is 7.41. The van der Waals surface area contributed by atoms with Crippen LogP contribution in [0.1, 0.15) is 41.4 Å². The van der Waals surface area contributed by atoms with E-state index in [0.29, 0.717) is 20.1 Å². The molecule has 35 heavy (non-hydrogen) atoms. The van der Waals surface area contributed by atoms with E-state index < -0.39 is 30.0 Å². The number of carbonyl (C=O) groups is 4. The van der Waals surface area contributed by atoms with Crippen molar-refractivity contribution in [2.75, 3.05) is 6.54 Å². The first-order valence-corrected chi connectivity index (χ1v) is 11.9. The van der Waals surface area contributed by atoms with Crippen molar-refractivity contribution < 1.29 is 19.2 Å². The van der Waals surface area contributed by atoms with Crippen molar-refractivity contribution in [2.24, 2.45) is 0 Å². The van der Waals surface area contributed by atoms with Crippen LogP contribution in [0.5, 0.6) is 0 Å². The van der Waals surface area contributed by atoms with E-state index >= 15 is 0 Å². The van der Waals surface area contributed by atoms with Gasteiger partial charge in [-0.25, -0.2) is 5.01 Å². The molecule has 3 aromatic rings. The zero-order valence-corrected chi connectivity index (χ0v) is 21.7. The number of hydrazine groups is 1. The zero-order valence-electron chi connectivity index (χ0n) is 17.1. The van der Waals surface area contributed by atoms with Gasteiger partial charge in [-0.2, -0.15) is 5.01 Å². The Morgan fingerprint density at radius 2 is 1.03 bits per heavy atom. The molecule has 0 saturated heterocycles. The Morgan fingerprint density at radius 3 is 1.46 bits per heavy atom. The normalized spacial score (nSPS) is 12.7. The first-order chi connectivity index (χ1) is 16.5. The van der Waals surface area contributed by atoms with Gasteiger partial charge in [-0.15, -0.1) is 0 Å². The summed E-state index contributed by atoms with van der Waals surface area (Å²) in [5.74, 6) is -3.40. The molecule has 0 bridgehead atoms. The first kappa shape index (κ1) is 25.8. The molecular weight excluding hydrogens is 581 g/mol. The van der Waals surface area contributed by atoms with E-state index in [0.717, 1.165) is 0 Å². The van der Waals surface area contributed by atoms with Crippen molar-refractivity contribution in [1.82, 2.24) is 10.0 Å². The zero-order chi connectivity index (χ0) is 25.6. The summed E-state index contributed by atoms with van der Waals surface area (Å²) in [6.07, 6.45) is 0. The summed E-state index contributed by atoms with van der Waals surface area (Å²) in [5.41, 5.74) is -0.405. The second-order valence-corrected chi connectivity index (χ2v) is 9.61. The number of ketones is 1. The molecule has 178 valence electrons. The average Bonchev–Trinajstić information content (AvgIpc) is 3.10. The van der Waals surface area contributed by atoms with Crippen LogP contribution in [0.25, 0.3) is 0 Å². The van der Waals surface area contributed by atoms with Crippen LogP contribution in [0.15, 0.2) is 48.5 Å². The highest BCUT2D eigenvalue weighted by atomic mass is 35.5. The minimum absolute atomic E-state index is 0.0584.